The van der Waals surface area contributed by atoms with Gasteiger partial charge in [0.1, 0.15) is 5.60 Å². The summed E-state index contributed by atoms with van der Waals surface area (Å²) in [6, 6.07) is -0.683. The van der Waals surface area contributed by atoms with Crippen molar-refractivity contribution in [1.82, 2.24) is 5.32 Å². The van der Waals surface area contributed by atoms with Gasteiger partial charge in [-0.15, -0.1) is 6.58 Å². The molecule has 0 saturated carbocycles. The number of carbonyl (C=O) groups excluding carboxylic acids is 2. The monoisotopic (exact) mass is 305 g/mol. The van der Waals surface area contributed by atoms with Gasteiger partial charge in [0.2, 0.25) is 0 Å². The van der Waals surface area contributed by atoms with Crippen LogP contribution in [0.25, 0.3) is 0 Å². The average molecular weight is 305 g/mol. The van der Waals surface area contributed by atoms with Crippen LogP contribution in [-0.4, -0.2) is 43.9 Å². The highest BCUT2D eigenvalue weighted by Crippen LogP contribution is 2.35. The zero-order chi connectivity index (χ0) is 15.8. The van der Waals surface area contributed by atoms with E-state index < -0.39 is 26.1 Å². The number of ketones is 1. The van der Waals surface area contributed by atoms with Crippen molar-refractivity contribution in [3.8, 4) is 0 Å². The van der Waals surface area contributed by atoms with Crippen LogP contribution in [0.2, 0.25) is 0 Å². The van der Waals surface area contributed by atoms with Crippen molar-refractivity contribution in [3.63, 3.8) is 0 Å². The minimum atomic E-state index is -1.27. The molecule has 0 spiro atoms. The van der Waals surface area contributed by atoms with Crippen molar-refractivity contribution in [3.05, 3.63) is 12.7 Å². The standard InChI is InChI=1S/C13H24NO5P/c1-7-8-10(11(15)9-20(17-5)18-6)14-12(16)19-13(2,3)4/h7,10H,1,8-9H2,2-6H3,(H,14,16)/t10-/m0/s1. The molecule has 0 bridgehead atoms. The summed E-state index contributed by atoms with van der Waals surface area (Å²) >= 11 is 0. The molecule has 0 radical (unpaired) electrons. The van der Waals surface area contributed by atoms with Crippen LogP contribution in [-0.2, 0) is 18.6 Å². The van der Waals surface area contributed by atoms with Gasteiger partial charge in [0, 0.05) is 14.2 Å². The van der Waals surface area contributed by atoms with Gasteiger partial charge in [-0.05, 0) is 27.2 Å². The van der Waals surface area contributed by atoms with Gasteiger partial charge >= 0.3 is 6.09 Å². The predicted molar refractivity (Wildman–Crippen MR) is 78.8 cm³/mol. The molecule has 1 amide bonds. The van der Waals surface area contributed by atoms with Gasteiger partial charge in [0.25, 0.3) is 0 Å². The molecule has 0 rings (SSSR count). The van der Waals surface area contributed by atoms with Crippen molar-refractivity contribution < 1.29 is 23.4 Å². The third-order valence-electron chi connectivity index (χ3n) is 2.17. The van der Waals surface area contributed by atoms with Gasteiger partial charge in [-0.1, -0.05) is 6.08 Å². The molecule has 0 aromatic carbocycles. The second-order valence-corrected chi connectivity index (χ2v) is 6.76. The second kappa shape index (κ2) is 9.06. The SMILES string of the molecule is C=CC[C@H](NC(=O)OC(C)(C)C)C(=O)CP(OC)OC. The third kappa shape index (κ3) is 8.25. The number of carbonyl (C=O) groups is 2. The van der Waals surface area contributed by atoms with E-state index >= 15 is 0 Å². The zero-order valence-corrected chi connectivity index (χ0v) is 13.7. The quantitative estimate of drug-likeness (QED) is 0.551. The molecule has 0 fully saturated rings. The maximum atomic E-state index is 12.1. The van der Waals surface area contributed by atoms with Crippen LogP contribution in [0.3, 0.4) is 0 Å². The van der Waals surface area contributed by atoms with Gasteiger partial charge in [0.05, 0.1) is 12.2 Å². The van der Waals surface area contributed by atoms with E-state index in [1.807, 2.05) is 0 Å². The van der Waals surface area contributed by atoms with E-state index in [9.17, 15) is 9.59 Å². The van der Waals surface area contributed by atoms with E-state index in [4.69, 9.17) is 13.8 Å². The summed E-state index contributed by atoms with van der Waals surface area (Å²) in [4.78, 5) is 23.8. The number of alkyl carbamates (subject to hydrolysis) is 1. The Morgan fingerprint density at radius 1 is 1.30 bits per heavy atom. The third-order valence-corrected chi connectivity index (χ3v) is 3.56. The summed E-state index contributed by atoms with van der Waals surface area (Å²) in [7, 11) is 1.69. The Kier molecular flexibility index (Phi) is 8.62. The van der Waals surface area contributed by atoms with Crippen LogP contribution in [0.5, 0.6) is 0 Å². The van der Waals surface area contributed by atoms with Gasteiger partial charge in [-0.3, -0.25) is 4.79 Å². The molecule has 0 saturated heterocycles. The van der Waals surface area contributed by atoms with Gasteiger partial charge in [-0.25, -0.2) is 4.79 Å². The zero-order valence-electron chi connectivity index (χ0n) is 12.8. The second-order valence-electron chi connectivity index (χ2n) is 5.05. The molecule has 0 aliphatic carbocycles. The fourth-order valence-electron chi connectivity index (χ4n) is 1.33. The molecule has 1 atom stereocenters. The first-order valence-corrected chi connectivity index (χ1v) is 7.58. The summed E-state index contributed by atoms with van der Waals surface area (Å²) in [5.74, 6) is -0.175. The molecule has 0 aromatic heterocycles. The van der Waals surface area contributed by atoms with E-state index in [1.54, 1.807) is 26.8 Å². The summed E-state index contributed by atoms with van der Waals surface area (Å²) in [5, 5.41) is 2.55. The molecule has 7 heteroatoms. The van der Waals surface area contributed by atoms with E-state index in [0.717, 1.165) is 0 Å². The highest BCUT2D eigenvalue weighted by molar-refractivity contribution is 7.48. The smallest absolute Gasteiger partial charge is 0.408 e. The van der Waals surface area contributed by atoms with Crippen LogP contribution in [0.4, 0.5) is 4.79 Å². The van der Waals surface area contributed by atoms with Crippen LogP contribution in [0.15, 0.2) is 12.7 Å². The lowest BCUT2D eigenvalue weighted by Gasteiger charge is -2.23. The molecular formula is C13H24NO5P. The molecular weight excluding hydrogens is 281 g/mol. The molecule has 116 valence electrons. The molecule has 1 N–H and O–H groups in total. The number of nitrogens with one attached hydrogen (secondary N) is 1. The van der Waals surface area contributed by atoms with Crippen molar-refractivity contribution in [2.45, 2.75) is 38.8 Å². The highest BCUT2D eigenvalue weighted by atomic mass is 31.2. The predicted octanol–water partition coefficient (Wildman–Crippen LogP) is 2.63. The Labute approximate surface area is 121 Å². The Morgan fingerprint density at radius 2 is 1.85 bits per heavy atom. The molecule has 0 heterocycles. The fourth-order valence-corrected chi connectivity index (χ4v) is 2.21. The lowest BCUT2D eigenvalue weighted by molar-refractivity contribution is -0.118. The molecule has 0 aliphatic rings. The topological polar surface area (TPSA) is 73.9 Å². The average Bonchev–Trinajstić information content (AvgIpc) is 2.32. The van der Waals surface area contributed by atoms with Crippen LogP contribution in [0.1, 0.15) is 27.2 Å². The van der Waals surface area contributed by atoms with Crippen molar-refractivity contribution in [1.29, 1.82) is 0 Å². The van der Waals surface area contributed by atoms with Crippen LogP contribution in [0, 0.1) is 0 Å². The molecule has 0 aromatic rings. The number of hydrogen-bond donors (Lipinski definition) is 1. The van der Waals surface area contributed by atoms with Crippen LogP contribution < -0.4 is 5.32 Å². The fraction of sp³-hybridized carbons (Fsp3) is 0.692. The first-order chi connectivity index (χ1) is 9.23. The number of amides is 1. The van der Waals surface area contributed by atoms with Crippen LogP contribution >= 0.6 is 8.38 Å². The molecule has 20 heavy (non-hydrogen) atoms. The van der Waals surface area contributed by atoms with E-state index in [-0.39, 0.29) is 11.9 Å². The van der Waals surface area contributed by atoms with Crippen molar-refractivity contribution in [2.75, 3.05) is 20.4 Å². The number of Topliss-reactive ketones (excluding diaryl/α,β-unsaturated/α-hetero) is 1. The summed E-state index contributed by atoms with van der Waals surface area (Å²) in [6.45, 7) is 8.85. The minimum absolute atomic E-state index is 0.108. The minimum Gasteiger partial charge on any atom is -0.444 e. The maximum Gasteiger partial charge on any atom is 0.408 e. The number of hydrogen-bond acceptors (Lipinski definition) is 5. The Morgan fingerprint density at radius 3 is 2.25 bits per heavy atom. The highest BCUT2D eigenvalue weighted by Gasteiger charge is 2.25. The number of rotatable bonds is 8. The summed E-state index contributed by atoms with van der Waals surface area (Å²) in [5.41, 5.74) is -0.614. The first kappa shape index (κ1) is 19.0. The maximum absolute atomic E-state index is 12.1. The van der Waals surface area contributed by atoms with E-state index in [1.165, 1.54) is 14.2 Å². The van der Waals surface area contributed by atoms with E-state index in [2.05, 4.69) is 11.9 Å². The van der Waals surface area contributed by atoms with Crippen molar-refractivity contribution >= 4 is 20.3 Å². The Hall–Kier alpha value is -0.970. The molecule has 0 aliphatic heterocycles. The summed E-state index contributed by atoms with van der Waals surface area (Å²) < 4.78 is 15.2. The Bertz CT molecular complexity index is 336. The largest absolute Gasteiger partial charge is 0.444 e. The van der Waals surface area contributed by atoms with E-state index in [0.29, 0.717) is 6.42 Å². The van der Waals surface area contributed by atoms with Crippen molar-refractivity contribution in [2.24, 2.45) is 0 Å². The first-order valence-electron chi connectivity index (χ1n) is 6.22. The lowest BCUT2D eigenvalue weighted by Crippen LogP contribution is -2.44. The van der Waals surface area contributed by atoms with Gasteiger partial charge < -0.3 is 19.1 Å². The molecule has 6 nitrogen and oxygen atoms in total. The van der Waals surface area contributed by atoms with Gasteiger partial charge in [0.15, 0.2) is 14.2 Å². The number of ether oxygens (including phenoxy) is 1. The Balaban J connectivity index is 4.59. The lowest BCUT2D eigenvalue weighted by atomic mass is 10.1. The normalized spacial score (nSPS) is 12.9. The molecule has 0 unspecified atom stereocenters. The van der Waals surface area contributed by atoms with Gasteiger partial charge in [-0.2, -0.15) is 0 Å². The summed E-state index contributed by atoms with van der Waals surface area (Å²) in [6.07, 6.45) is 1.38.